The second-order valence-electron chi connectivity index (χ2n) is 10.2. The number of nitrogens with one attached hydrogen (secondary N) is 3. The van der Waals surface area contributed by atoms with Gasteiger partial charge in [0.25, 0.3) is 5.91 Å². The van der Waals surface area contributed by atoms with E-state index in [0.29, 0.717) is 43.8 Å². The van der Waals surface area contributed by atoms with Crippen LogP contribution < -0.4 is 27.6 Å². The molecule has 1 fully saturated rings. The van der Waals surface area contributed by atoms with Crippen LogP contribution in [0.15, 0.2) is 0 Å². The molecule has 230 valence electrons. The zero-order chi connectivity index (χ0) is 30.1. The summed E-state index contributed by atoms with van der Waals surface area (Å²) < 4.78 is 11.4. The van der Waals surface area contributed by atoms with Gasteiger partial charge < -0.3 is 25.8 Å². The fourth-order valence-corrected chi connectivity index (χ4v) is 4.12. The van der Waals surface area contributed by atoms with Crippen LogP contribution in [0.1, 0.15) is 33.1 Å². The molecular formula is C25H49N8O7+. The third kappa shape index (κ3) is 13.6. The molecule has 0 saturated carbocycles. The lowest BCUT2D eigenvalue weighted by Crippen LogP contribution is -2.54. The van der Waals surface area contributed by atoms with Crippen LogP contribution >= 0.6 is 0 Å². The first-order valence-electron chi connectivity index (χ1n) is 13.8. The number of hydrazine groups is 1. The van der Waals surface area contributed by atoms with Crippen molar-refractivity contribution in [1.82, 2.24) is 25.9 Å². The summed E-state index contributed by atoms with van der Waals surface area (Å²) in [6.07, 6.45) is -0.0432. The molecule has 0 bridgehead atoms. The summed E-state index contributed by atoms with van der Waals surface area (Å²) in [5.41, 5.74) is 7.52. The van der Waals surface area contributed by atoms with Gasteiger partial charge in [0.15, 0.2) is 5.78 Å². The van der Waals surface area contributed by atoms with E-state index in [2.05, 4.69) is 10.6 Å². The number of hydrogen-bond acceptors (Lipinski definition) is 11. The number of nitrogens with two attached hydrogens (primary N) is 2. The molecule has 3 amide bonds. The first-order valence-corrected chi connectivity index (χ1v) is 13.8. The van der Waals surface area contributed by atoms with Crippen molar-refractivity contribution in [3.05, 3.63) is 0 Å². The normalized spacial score (nSPS) is 19.5. The maximum atomic E-state index is 12.4. The molecule has 15 heteroatoms. The molecule has 0 aromatic heterocycles. The SMILES string of the molecule is CCN(C)CC(=O)O[C@H]1CC(=O)C[N+]1(C)CCN(CC)CC(=O)NCCOCCNC(=O)CCC(N)C(=O)NN. The molecule has 40 heavy (non-hydrogen) atoms. The molecule has 0 aliphatic carbocycles. The van der Waals surface area contributed by atoms with Gasteiger partial charge in [0.2, 0.25) is 18.0 Å². The van der Waals surface area contributed by atoms with Crippen LogP contribution in [0.2, 0.25) is 0 Å². The molecule has 1 heterocycles. The van der Waals surface area contributed by atoms with Gasteiger partial charge in [-0.15, -0.1) is 0 Å². The van der Waals surface area contributed by atoms with Crippen LogP contribution in [0.4, 0.5) is 0 Å². The van der Waals surface area contributed by atoms with Crippen molar-refractivity contribution >= 4 is 29.5 Å². The van der Waals surface area contributed by atoms with Gasteiger partial charge in [0, 0.05) is 26.1 Å². The largest absolute Gasteiger partial charge is 0.411 e. The van der Waals surface area contributed by atoms with Crippen molar-refractivity contribution in [2.75, 3.05) is 86.2 Å². The summed E-state index contributed by atoms with van der Waals surface area (Å²) in [5.74, 6) is 3.78. The molecular weight excluding hydrogens is 524 g/mol. The van der Waals surface area contributed by atoms with Gasteiger partial charge in [0.1, 0.15) is 13.0 Å². The standard InChI is InChI=1S/C25H48N8O7/c1-5-31(3)17-24(37)40-23-15-19(34)18-33(23,4)12-11-32(6-2)16-22(36)29-10-14-39-13-9-28-21(35)8-7-20(26)25(38)30-27/h20,23H,5-18,26-27H2,1-4H3,(H2-,28,29,30,35,36,38)/p+1/t20?,23-,33?/m0/s1. The van der Waals surface area contributed by atoms with Crippen molar-refractivity contribution < 1.29 is 37.9 Å². The van der Waals surface area contributed by atoms with E-state index in [1.165, 1.54) is 0 Å². The van der Waals surface area contributed by atoms with Crippen LogP contribution in [-0.4, -0.2) is 142 Å². The molecule has 0 aromatic rings. The number of esters is 1. The van der Waals surface area contributed by atoms with Crippen LogP contribution in [0, 0.1) is 0 Å². The monoisotopic (exact) mass is 573 g/mol. The molecule has 2 unspecified atom stereocenters. The molecule has 1 rings (SSSR count). The van der Waals surface area contributed by atoms with Crippen molar-refractivity contribution in [3.8, 4) is 0 Å². The van der Waals surface area contributed by atoms with E-state index < -0.39 is 18.2 Å². The van der Waals surface area contributed by atoms with Gasteiger partial charge in [0.05, 0.1) is 45.9 Å². The van der Waals surface area contributed by atoms with E-state index in [1.54, 1.807) is 0 Å². The minimum atomic E-state index is -0.840. The lowest BCUT2D eigenvalue weighted by atomic mass is 10.1. The van der Waals surface area contributed by atoms with Crippen LogP contribution in [-0.2, 0) is 33.4 Å². The maximum Gasteiger partial charge on any atom is 0.324 e. The zero-order valence-electron chi connectivity index (χ0n) is 24.4. The Labute approximate surface area is 236 Å². The quantitative estimate of drug-likeness (QED) is 0.0247. The van der Waals surface area contributed by atoms with Gasteiger partial charge >= 0.3 is 5.97 Å². The summed E-state index contributed by atoms with van der Waals surface area (Å²) in [6.45, 7) is 8.23. The number of carbonyl (C=O) groups is 5. The van der Waals surface area contributed by atoms with E-state index in [9.17, 15) is 24.0 Å². The molecule has 1 aliphatic heterocycles. The van der Waals surface area contributed by atoms with Crippen molar-refractivity contribution in [3.63, 3.8) is 0 Å². The third-order valence-corrected chi connectivity index (χ3v) is 6.88. The number of nitrogens with zero attached hydrogens (tertiary/aromatic N) is 3. The lowest BCUT2D eigenvalue weighted by molar-refractivity contribution is -0.936. The number of quaternary nitrogens is 1. The average molecular weight is 574 g/mol. The molecule has 0 aromatic carbocycles. The summed E-state index contributed by atoms with van der Waals surface area (Å²) in [4.78, 5) is 63.7. The van der Waals surface area contributed by atoms with Crippen molar-refractivity contribution in [2.45, 2.75) is 45.4 Å². The van der Waals surface area contributed by atoms with Crippen LogP contribution in [0.3, 0.4) is 0 Å². The molecule has 1 aliphatic rings. The number of ether oxygens (including phenoxy) is 2. The summed E-state index contributed by atoms with van der Waals surface area (Å²) >= 11 is 0. The minimum absolute atomic E-state index is 0.0604. The number of rotatable bonds is 20. The van der Waals surface area contributed by atoms with E-state index in [0.717, 1.165) is 6.54 Å². The van der Waals surface area contributed by atoms with Gasteiger partial charge in [-0.05, 0) is 26.6 Å². The number of amides is 3. The molecule has 15 nitrogen and oxygen atoms in total. The molecule has 1 saturated heterocycles. The predicted molar refractivity (Wildman–Crippen MR) is 147 cm³/mol. The van der Waals surface area contributed by atoms with E-state index in [1.807, 2.05) is 43.2 Å². The number of likely N-dealkylation sites (N-methyl/N-ethyl adjacent to an activating group) is 3. The Bertz CT molecular complexity index is 846. The Morgan fingerprint density at radius 3 is 2.33 bits per heavy atom. The molecule has 3 atom stereocenters. The number of ketones is 1. The molecule has 0 radical (unpaired) electrons. The van der Waals surface area contributed by atoms with Gasteiger partial charge in [-0.3, -0.25) is 43.7 Å². The van der Waals surface area contributed by atoms with Gasteiger partial charge in [-0.1, -0.05) is 13.8 Å². The third-order valence-electron chi connectivity index (χ3n) is 6.88. The Kier molecular flexibility index (Phi) is 16.4. The minimum Gasteiger partial charge on any atom is -0.411 e. The highest BCUT2D eigenvalue weighted by atomic mass is 16.6. The highest BCUT2D eigenvalue weighted by Crippen LogP contribution is 2.23. The Morgan fingerprint density at radius 2 is 1.73 bits per heavy atom. The lowest BCUT2D eigenvalue weighted by Gasteiger charge is -2.36. The molecule has 7 N–H and O–H groups in total. The van der Waals surface area contributed by atoms with Crippen molar-refractivity contribution in [1.29, 1.82) is 0 Å². The van der Waals surface area contributed by atoms with Crippen LogP contribution in [0.25, 0.3) is 0 Å². The second kappa shape index (κ2) is 18.6. The number of Topliss-reactive ketones (excluding diaryl/α,β-unsaturated/α-hetero) is 1. The van der Waals surface area contributed by atoms with Gasteiger partial charge in [-0.2, -0.15) is 0 Å². The highest BCUT2D eigenvalue weighted by Gasteiger charge is 2.45. The van der Waals surface area contributed by atoms with Crippen molar-refractivity contribution in [2.24, 2.45) is 11.6 Å². The Morgan fingerprint density at radius 1 is 1.07 bits per heavy atom. The maximum absolute atomic E-state index is 12.4. The van der Waals surface area contributed by atoms with E-state index >= 15 is 0 Å². The average Bonchev–Trinajstić information content (AvgIpc) is 3.20. The number of carbonyl (C=O) groups excluding carboxylic acids is 5. The first kappa shape index (κ1) is 35.3. The Balaban J connectivity index is 2.28. The zero-order valence-corrected chi connectivity index (χ0v) is 24.4. The summed E-state index contributed by atoms with van der Waals surface area (Å²) in [6, 6.07) is -0.840. The Hall–Kier alpha value is -2.69. The van der Waals surface area contributed by atoms with Crippen LogP contribution in [0.5, 0.6) is 0 Å². The smallest absolute Gasteiger partial charge is 0.324 e. The van der Waals surface area contributed by atoms with E-state index in [4.69, 9.17) is 21.1 Å². The molecule has 0 spiro atoms. The fourth-order valence-electron chi connectivity index (χ4n) is 4.12. The topological polar surface area (TPSA) is 198 Å². The van der Waals surface area contributed by atoms with Gasteiger partial charge in [-0.25, -0.2) is 5.84 Å². The van der Waals surface area contributed by atoms with E-state index in [-0.39, 0.29) is 69.1 Å². The number of likely N-dealkylation sites (tertiary alicyclic amines) is 1. The predicted octanol–water partition coefficient (Wildman–Crippen LogP) is -3.10. The highest BCUT2D eigenvalue weighted by molar-refractivity contribution is 5.83. The first-order chi connectivity index (χ1) is 18.9. The second-order valence-corrected chi connectivity index (χ2v) is 10.2. The summed E-state index contributed by atoms with van der Waals surface area (Å²) in [7, 11) is 3.75. The fraction of sp³-hybridized carbons (Fsp3) is 0.800. The summed E-state index contributed by atoms with van der Waals surface area (Å²) in [5, 5.41) is 5.48. The number of hydrogen-bond donors (Lipinski definition) is 5.